The molecule has 1 aliphatic rings. The lowest BCUT2D eigenvalue weighted by atomic mass is 9.90. The molecule has 0 unspecified atom stereocenters. The molecular formula is C18H15N3O3. The van der Waals surface area contributed by atoms with E-state index in [4.69, 9.17) is 6.57 Å². The Morgan fingerprint density at radius 2 is 1.92 bits per heavy atom. The van der Waals surface area contributed by atoms with E-state index in [1.54, 1.807) is 55.5 Å². The van der Waals surface area contributed by atoms with Crippen LogP contribution >= 0.6 is 0 Å². The summed E-state index contributed by atoms with van der Waals surface area (Å²) in [6, 6.07) is 12.8. The first-order valence-electron chi connectivity index (χ1n) is 7.34. The average molecular weight is 321 g/mol. The Kier molecular flexibility index (Phi) is 3.80. The number of rotatable bonds is 3. The van der Waals surface area contributed by atoms with Gasteiger partial charge in [0.1, 0.15) is 0 Å². The fraction of sp³-hybridized carbons (Fsp3) is 0.167. The van der Waals surface area contributed by atoms with Crippen molar-refractivity contribution in [1.29, 1.82) is 0 Å². The quantitative estimate of drug-likeness (QED) is 0.674. The summed E-state index contributed by atoms with van der Waals surface area (Å²) in [6.45, 7) is 8.28. The number of anilines is 1. The van der Waals surface area contributed by atoms with Gasteiger partial charge in [-0.2, -0.15) is 0 Å². The van der Waals surface area contributed by atoms with Gasteiger partial charge >= 0.3 is 6.03 Å². The Labute approximate surface area is 139 Å². The minimum absolute atomic E-state index is 0.369. The standard InChI is InChI=1S/C18H15N3O3/c1-12-10-14(8-9-15(12)19-2)21-16(23)18(11-22,20-17(21)24)13-6-4-3-5-7-13/h3-10,22H,11H2,1H3,(H,20,24)/t18-/m0/s1. The zero-order valence-electron chi connectivity index (χ0n) is 13.0. The van der Waals surface area contributed by atoms with Crippen molar-refractivity contribution in [2.75, 3.05) is 11.5 Å². The molecule has 1 aliphatic heterocycles. The van der Waals surface area contributed by atoms with Gasteiger partial charge in [0.15, 0.2) is 11.2 Å². The van der Waals surface area contributed by atoms with Crippen molar-refractivity contribution < 1.29 is 14.7 Å². The molecule has 1 fully saturated rings. The number of carbonyl (C=O) groups is 2. The third-order valence-corrected chi connectivity index (χ3v) is 4.15. The number of amides is 3. The molecule has 6 heteroatoms. The smallest absolute Gasteiger partial charge is 0.330 e. The molecular weight excluding hydrogens is 306 g/mol. The van der Waals surface area contributed by atoms with Gasteiger partial charge in [-0.15, -0.1) is 0 Å². The molecule has 0 aliphatic carbocycles. The number of aryl methyl sites for hydroxylation is 1. The van der Waals surface area contributed by atoms with Crippen molar-refractivity contribution in [2.45, 2.75) is 12.5 Å². The van der Waals surface area contributed by atoms with Gasteiger partial charge in [-0.25, -0.2) is 14.5 Å². The number of benzene rings is 2. The Morgan fingerprint density at radius 1 is 1.21 bits per heavy atom. The summed E-state index contributed by atoms with van der Waals surface area (Å²) in [5.41, 5.74) is 0.521. The van der Waals surface area contributed by atoms with Crippen molar-refractivity contribution in [3.63, 3.8) is 0 Å². The number of aliphatic hydroxyl groups is 1. The minimum atomic E-state index is -1.50. The van der Waals surface area contributed by atoms with Crippen molar-refractivity contribution in [3.05, 3.63) is 71.1 Å². The van der Waals surface area contributed by atoms with Crippen LogP contribution in [0.3, 0.4) is 0 Å². The van der Waals surface area contributed by atoms with E-state index in [1.807, 2.05) is 0 Å². The van der Waals surface area contributed by atoms with E-state index in [9.17, 15) is 14.7 Å². The van der Waals surface area contributed by atoms with Crippen molar-refractivity contribution >= 4 is 23.3 Å². The van der Waals surface area contributed by atoms with Gasteiger partial charge in [0.2, 0.25) is 0 Å². The predicted molar refractivity (Wildman–Crippen MR) is 88.7 cm³/mol. The van der Waals surface area contributed by atoms with Crippen LogP contribution in [-0.2, 0) is 10.3 Å². The highest BCUT2D eigenvalue weighted by molar-refractivity contribution is 6.23. The lowest BCUT2D eigenvalue weighted by Gasteiger charge is -2.24. The van der Waals surface area contributed by atoms with Crippen molar-refractivity contribution in [1.82, 2.24) is 5.32 Å². The molecule has 0 spiro atoms. The number of imide groups is 1. The zero-order chi connectivity index (χ0) is 17.3. The van der Waals surface area contributed by atoms with Crippen LogP contribution in [0, 0.1) is 13.5 Å². The summed E-state index contributed by atoms with van der Waals surface area (Å²) in [5.74, 6) is -0.545. The fourth-order valence-corrected chi connectivity index (χ4v) is 2.83. The van der Waals surface area contributed by atoms with E-state index in [2.05, 4.69) is 10.2 Å². The second kappa shape index (κ2) is 5.80. The maximum atomic E-state index is 13.0. The van der Waals surface area contributed by atoms with Gasteiger partial charge in [-0.1, -0.05) is 36.4 Å². The second-order valence-electron chi connectivity index (χ2n) is 5.58. The van der Waals surface area contributed by atoms with E-state index in [0.29, 0.717) is 22.5 Å². The fourth-order valence-electron chi connectivity index (χ4n) is 2.83. The number of nitrogens with zero attached hydrogens (tertiary/aromatic N) is 2. The molecule has 2 aromatic carbocycles. The van der Waals surface area contributed by atoms with Crippen molar-refractivity contribution in [3.8, 4) is 0 Å². The summed E-state index contributed by atoms with van der Waals surface area (Å²) < 4.78 is 0. The van der Waals surface area contributed by atoms with Gasteiger partial charge in [0.25, 0.3) is 5.91 Å². The molecule has 24 heavy (non-hydrogen) atoms. The molecule has 0 aromatic heterocycles. The normalized spacial score (nSPS) is 20.0. The summed E-state index contributed by atoms with van der Waals surface area (Å²) in [7, 11) is 0. The molecule has 120 valence electrons. The number of urea groups is 1. The van der Waals surface area contributed by atoms with Crippen LogP contribution in [0.2, 0.25) is 0 Å². The molecule has 3 amide bonds. The predicted octanol–water partition coefficient (Wildman–Crippen LogP) is 2.49. The molecule has 0 bridgehead atoms. The first kappa shape index (κ1) is 15.7. The molecule has 1 atom stereocenters. The van der Waals surface area contributed by atoms with Crippen LogP contribution in [-0.4, -0.2) is 23.7 Å². The van der Waals surface area contributed by atoms with Gasteiger partial charge in [0.05, 0.1) is 18.9 Å². The SMILES string of the molecule is [C-]#[N+]c1ccc(N2C(=O)N[C@@](CO)(c3ccccc3)C2=O)cc1C. The Bertz CT molecular complexity index is 858. The lowest BCUT2D eigenvalue weighted by Crippen LogP contribution is -2.47. The van der Waals surface area contributed by atoms with Crippen LogP contribution in [0.5, 0.6) is 0 Å². The highest BCUT2D eigenvalue weighted by Crippen LogP contribution is 2.33. The summed E-state index contributed by atoms with van der Waals surface area (Å²) in [5, 5.41) is 12.5. The monoisotopic (exact) mass is 321 g/mol. The van der Waals surface area contributed by atoms with Gasteiger partial charge in [0, 0.05) is 0 Å². The molecule has 6 nitrogen and oxygen atoms in total. The van der Waals surface area contributed by atoms with E-state index in [-0.39, 0.29) is 0 Å². The first-order valence-corrected chi connectivity index (χ1v) is 7.34. The first-order chi connectivity index (χ1) is 11.5. The molecule has 2 aromatic rings. The number of nitrogens with one attached hydrogen (secondary N) is 1. The van der Waals surface area contributed by atoms with Gasteiger partial charge in [-0.3, -0.25) is 4.79 Å². The zero-order valence-corrected chi connectivity index (χ0v) is 13.0. The topological polar surface area (TPSA) is 74.0 Å². The minimum Gasteiger partial charge on any atom is -0.393 e. The van der Waals surface area contributed by atoms with Crippen LogP contribution in [0.1, 0.15) is 11.1 Å². The maximum absolute atomic E-state index is 13.0. The lowest BCUT2D eigenvalue weighted by molar-refractivity contribution is -0.123. The maximum Gasteiger partial charge on any atom is 0.330 e. The van der Waals surface area contributed by atoms with Crippen LogP contribution in [0.25, 0.3) is 4.85 Å². The Hall–Kier alpha value is -3.17. The van der Waals surface area contributed by atoms with E-state index >= 15 is 0 Å². The van der Waals surface area contributed by atoms with E-state index < -0.39 is 24.1 Å². The number of aliphatic hydroxyl groups excluding tert-OH is 1. The second-order valence-corrected chi connectivity index (χ2v) is 5.58. The number of carbonyl (C=O) groups excluding carboxylic acids is 2. The largest absolute Gasteiger partial charge is 0.393 e. The average Bonchev–Trinajstić information content (AvgIpc) is 2.86. The third kappa shape index (κ3) is 2.23. The van der Waals surface area contributed by atoms with Crippen LogP contribution in [0.15, 0.2) is 48.5 Å². The van der Waals surface area contributed by atoms with Crippen molar-refractivity contribution in [2.24, 2.45) is 0 Å². The highest BCUT2D eigenvalue weighted by atomic mass is 16.3. The third-order valence-electron chi connectivity index (χ3n) is 4.15. The highest BCUT2D eigenvalue weighted by Gasteiger charge is 2.52. The Balaban J connectivity index is 2.06. The summed E-state index contributed by atoms with van der Waals surface area (Å²) in [4.78, 5) is 29.8. The van der Waals surface area contributed by atoms with E-state index in [0.717, 1.165) is 4.90 Å². The Morgan fingerprint density at radius 3 is 2.50 bits per heavy atom. The molecule has 0 radical (unpaired) electrons. The molecule has 3 rings (SSSR count). The van der Waals surface area contributed by atoms with E-state index in [1.165, 1.54) is 0 Å². The molecule has 1 saturated heterocycles. The van der Waals surface area contributed by atoms with Gasteiger partial charge in [-0.05, 0) is 30.2 Å². The summed E-state index contributed by atoms with van der Waals surface area (Å²) >= 11 is 0. The molecule has 1 heterocycles. The summed E-state index contributed by atoms with van der Waals surface area (Å²) in [6.07, 6.45) is 0. The molecule has 0 saturated carbocycles. The van der Waals surface area contributed by atoms with Crippen LogP contribution < -0.4 is 10.2 Å². The number of hydrogen-bond acceptors (Lipinski definition) is 3. The van der Waals surface area contributed by atoms with Crippen LogP contribution in [0.4, 0.5) is 16.2 Å². The van der Waals surface area contributed by atoms with Gasteiger partial charge < -0.3 is 10.4 Å². The number of hydrogen-bond donors (Lipinski definition) is 2. The molecule has 2 N–H and O–H groups in total.